The highest BCUT2D eigenvalue weighted by atomic mass is 16.3. The van der Waals surface area contributed by atoms with Crippen LogP contribution in [-0.2, 0) is 12.8 Å². The van der Waals surface area contributed by atoms with Crippen molar-refractivity contribution in [3.05, 3.63) is 53.6 Å². The molecular formula is C20H29NO. The molecule has 120 valence electrons. The summed E-state index contributed by atoms with van der Waals surface area (Å²) in [6.07, 6.45) is 4.90. The van der Waals surface area contributed by atoms with E-state index < -0.39 is 0 Å². The van der Waals surface area contributed by atoms with Gasteiger partial charge in [-0.15, -0.1) is 0 Å². The molecule has 0 aromatic heterocycles. The van der Waals surface area contributed by atoms with Crippen molar-refractivity contribution in [1.82, 2.24) is 0 Å². The Labute approximate surface area is 135 Å². The van der Waals surface area contributed by atoms with E-state index in [1.807, 2.05) is 39.8 Å². The third-order valence-corrected chi connectivity index (χ3v) is 3.52. The standard InChI is InChI=1S/C16H17NO.2C2H6/c18-14-8-4-7-13(11-14)17-16-10-3-6-12-5-1-2-9-15(12)16;2*1-2/h3-4,6-8,10-11,17-18H,1-2,5,9H2;2*1-2H3. The van der Waals surface area contributed by atoms with Gasteiger partial charge in [0.15, 0.2) is 0 Å². The van der Waals surface area contributed by atoms with Crippen LogP contribution in [0.1, 0.15) is 51.7 Å². The number of rotatable bonds is 2. The molecule has 2 nitrogen and oxygen atoms in total. The molecule has 0 aliphatic heterocycles. The number of phenols is 1. The van der Waals surface area contributed by atoms with Crippen molar-refractivity contribution in [2.75, 3.05) is 5.32 Å². The number of phenolic OH excluding ortho intramolecular Hbond substituents is 1. The van der Waals surface area contributed by atoms with Crippen molar-refractivity contribution >= 4 is 11.4 Å². The Hall–Kier alpha value is -1.96. The largest absolute Gasteiger partial charge is 0.508 e. The molecule has 2 aromatic carbocycles. The lowest BCUT2D eigenvalue weighted by molar-refractivity contribution is 0.475. The molecule has 2 N–H and O–H groups in total. The average molecular weight is 299 g/mol. The molecule has 22 heavy (non-hydrogen) atoms. The lowest BCUT2D eigenvalue weighted by atomic mass is 9.90. The van der Waals surface area contributed by atoms with Gasteiger partial charge in [0, 0.05) is 17.4 Å². The summed E-state index contributed by atoms with van der Waals surface area (Å²) in [7, 11) is 0. The van der Waals surface area contributed by atoms with Crippen molar-refractivity contribution < 1.29 is 5.11 Å². The van der Waals surface area contributed by atoms with Crippen LogP contribution in [0.15, 0.2) is 42.5 Å². The monoisotopic (exact) mass is 299 g/mol. The van der Waals surface area contributed by atoms with Gasteiger partial charge >= 0.3 is 0 Å². The topological polar surface area (TPSA) is 32.3 Å². The normalized spacial score (nSPS) is 12.0. The number of aromatic hydroxyl groups is 1. The first kappa shape index (κ1) is 18.1. The van der Waals surface area contributed by atoms with Gasteiger partial charge in [0.1, 0.15) is 5.75 Å². The molecular weight excluding hydrogens is 270 g/mol. The van der Waals surface area contributed by atoms with Crippen LogP contribution < -0.4 is 5.32 Å². The zero-order valence-electron chi connectivity index (χ0n) is 14.3. The van der Waals surface area contributed by atoms with Crippen LogP contribution in [-0.4, -0.2) is 5.11 Å². The molecule has 2 heteroatoms. The second-order valence-electron chi connectivity index (χ2n) is 4.83. The SMILES string of the molecule is CC.CC.Oc1cccc(Nc2cccc3c2CCCC3)c1. The molecule has 0 bridgehead atoms. The highest BCUT2D eigenvalue weighted by molar-refractivity contribution is 5.66. The summed E-state index contributed by atoms with van der Waals surface area (Å²) in [6.45, 7) is 8.00. The fourth-order valence-corrected chi connectivity index (χ4v) is 2.64. The smallest absolute Gasteiger partial charge is 0.117 e. The number of anilines is 2. The van der Waals surface area contributed by atoms with Crippen molar-refractivity contribution in [2.45, 2.75) is 53.4 Å². The third kappa shape index (κ3) is 4.80. The highest BCUT2D eigenvalue weighted by Gasteiger charge is 2.12. The third-order valence-electron chi connectivity index (χ3n) is 3.52. The van der Waals surface area contributed by atoms with Gasteiger partial charge in [0.25, 0.3) is 0 Å². The van der Waals surface area contributed by atoms with E-state index in [-0.39, 0.29) is 0 Å². The minimum Gasteiger partial charge on any atom is -0.508 e. The van der Waals surface area contributed by atoms with Gasteiger partial charge in [-0.3, -0.25) is 0 Å². The number of aryl methyl sites for hydroxylation is 1. The van der Waals surface area contributed by atoms with E-state index in [0.717, 1.165) is 12.1 Å². The molecule has 0 radical (unpaired) electrons. The van der Waals surface area contributed by atoms with Crippen LogP contribution in [0.3, 0.4) is 0 Å². The first-order valence-corrected chi connectivity index (χ1v) is 8.50. The van der Waals surface area contributed by atoms with E-state index in [9.17, 15) is 5.11 Å². The summed E-state index contributed by atoms with van der Waals surface area (Å²) in [5, 5.41) is 12.9. The first-order chi connectivity index (χ1) is 10.8. The Balaban J connectivity index is 0.000000561. The molecule has 2 aromatic rings. The predicted molar refractivity (Wildman–Crippen MR) is 97.2 cm³/mol. The molecule has 0 heterocycles. The molecule has 1 aliphatic rings. The molecule has 1 aliphatic carbocycles. The molecule has 0 spiro atoms. The Kier molecular flexibility index (Phi) is 8.13. The van der Waals surface area contributed by atoms with E-state index in [4.69, 9.17) is 0 Å². The number of nitrogens with one attached hydrogen (secondary N) is 1. The highest BCUT2D eigenvalue weighted by Crippen LogP contribution is 2.30. The van der Waals surface area contributed by atoms with E-state index in [0.29, 0.717) is 5.75 Å². The quantitative estimate of drug-likeness (QED) is 0.705. The molecule has 0 atom stereocenters. The van der Waals surface area contributed by atoms with Crippen LogP contribution in [0.25, 0.3) is 0 Å². The zero-order valence-corrected chi connectivity index (χ0v) is 14.3. The van der Waals surface area contributed by atoms with Gasteiger partial charge in [-0.05, 0) is 55.0 Å². The van der Waals surface area contributed by atoms with E-state index >= 15 is 0 Å². The van der Waals surface area contributed by atoms with E-state index in [1.54, 1.807) is 12.1 Å². The maximum Gasteiger partial charge on any atom is 0.117 e. The second-order valence-corrected chi connectivity index (χ2v) is 4.83. The van der Waals surface area contributed by atoms with Gasteiger partial charge in [-0.2, -0.15) is 0 Å². The Morgan fingerprint density at radius 3 is 2.27 bits per heavy atom. The summed E-state index contributed by atoms with van der Waals surface area (Å²) in [6, 6.07) is 13.7. The maximum absolute atomic E-state index is 9.49. The minimum atomic E-state index is 0.296. The molecule has 0 saturated carbocycles. The van der Waals surface area contributed by atoms with Crippen molar-refractivity contribution in [2.24, 2.45) is 0 Å². The summed E-state index contributed by atoms with van der Waals surface area (Å²) in [5.41, 5.74) is 5.02. The van der Waals surface area contributed by atoms with E-state index in [2.05, 4.69) is 23.5 Å². The van der Waals surface area contributed by atoms with Crippen molar-refractivity contribution in [3.8, 4) is 5.75 Å². The molecule has 0 unspecified atom stereocenters. The Morgan fingerprint density at radius 2 is 1.55 bits per heavy atom. The Morgan fingerprint density at radius 1 is 0.864 bits per heavy atom. The van der Waals surface area contributed by atoms with Crippen LogP contribution >= 0.6 is 0 Å². The summed E-state index contributed by atoms with van der Waals surface area (Å²) >= 11 is 0. The zero-order chi connectivity index (χ0) is 16.4. The predicted octanol–water partition coefficient (Wildman–Crippen LogP) is 6.07. The van der Waals surface area contributed by atoms with Gasteiger partial charge < -0.3 is 10.4 Å². The van der Waals surface area contributed by atoms with E-state index in [1.165, 1.54) is 36.1 Å². The molecule has 0 fully saturated rings. The minimum absolute atomic E-state index is 0.296. The van der Waals surface area contributed by atoms with Gasteiger partial charge in [0.2, 0.25) is 0 Å². The second kappa shape index (κ2) is 9.88. The van der Waals surface area contributed by atoms with Gasteiger partial charge in [-0.1, -0.05) is 45.9 Å². The number of benzene rings is 2. The maximum atomic E-state index is 9.49. The molecule has 0 saturated heterocycles. The molecule has 0 amide bonds. The van der Waals surface area contributed by atoms with Crippen molar-refractivity contribution in [1.29, 1.82) is 0 Å². The fourth-order valence-electron chi connectivity index (χ4n) is 2.64. The fraction of sp³-hybridized carbons (Fsp3) is 0.400. The summed E-state index contributed by atoms with van der Waals surface area (Å²) < 4.78 is 0. The van der Waals surface area contributed by atoms with Crippen LogP contribution in [0.4, 0.5) is 11.4 Å². The van der Waals surface area contributed by atoms with Crippen molar-refractivity contribution in [3.63, 3.8) is 0 Å². The van der Waals surface area contributed by atoms with Crippen LogP contribution in [0.2, 0.25) is 0 Å². The average Bonchev–Trinajstić information content (AvgIpc) is 2.59. The van der Waals surface area contributed by atoms with Gasteiger partial charge in [-0.25, -0.2) is 0 Å². The number of fused-ring (bicyclic) bond motifs is 1. The number of hydrogen-bond acceptors (Lipinski definition) is 2. The Bertz CT molecular complexity index is 563. The van der Waals surface area contributed by atoms with Gasteiger partial charge in [0.05, 0.1) is 0 Å². The molecule has 3 rings (SSSR count). The van der Waals surface area contributed by atoms with Crippen LogP contribution in [0.5, 0.6) is 5.75 Å². The van der Waals surface area contributed by atoms with Crippen LogP contribution in [0, 0.1) is 0 Å². The summed E-state index contributed by atoms with van der Waals surface area (Å²) in [4.78, 5) is 0. The summed E-state index contributed by atoms with van der Waals surface area (Å²) in [5.74, 6) is 0.296. The lowest BCUT2D eigenvalue weighted by Gasteiger charge is -2.20. The first-order valence-electron chi connectivity index (χ1n) is 8.50. The number of hydrogen-bond donors (Lipinski definition) is 2. The lowest BCUT2D eigenvalue weighted by Crippen LogP contribution is -2.05.